The number of hydrogen-bond donors (Lipinski definition) is 0. The molecule has 49 heavy (non-hydrogen) atoms. The number of nitrogens with zero attached hydrogens (tertiary/aromatic N) is 3. The van der Waals surface area contributed by atoms with Gasteiger partial charge in [0.2, 0.25) is 0 Å². The van der Waals surface area contributed by atoms with E-state index >= 15 is 0 Å². The minimum Gasteiger partial charge on any atom is -0.464 e. The zero-order valence-electron chi connectivity index (χ0n) is 29.7. The minimum atomic E-state index is -4.37. The summed E-state index contributed by atoms with van der Waals surface area (Å²) in [7, 11) is 0. The molecular formula is C40H58F3N3O2S. The molecule has 5 nitrogen and oxygen atoms in total. The Hall–Kier alpha value is -2.49. The first-order valence-electron chi connectivity index (χ1n) is 18.9. The van der Waals surface area contributed by atoms with Crippen molar-refractivity contribution >= 4 is 29.1 Å². The first-order valence-corrected chi connectivity index (χ1v) is 19.7. The van der Waals surface area contributed by atoms with E-state index in [1.807, 2.05) is 24.3 Å². The summed E-state index contributed by atoms with van der Waals surface area (Å²) in [5.74, 6) is -0.0853. The van der Waals surface area contributed by atoms with Crippen molar-refractivity contribution in [1.29, 1.82) is 0 Å². The smallest absolute Gasteiger partial charge is 0.416 e. The van der Waals surface area contributed by atoms with Crippen LogP contribution in [0.3, 0.4) is 0 Å². The molecule has 2 aliphatic heterocycles. The molecule has 0 aromatic heterocycles. The number of carbonyl (C=O) groups excluding carboxylic acids is 1. The van der Waals surface area contributed by atoms with Crippen molar-refractivity contribution < 1.29 is 22.7 Å². The second-order valence-electron chi connectivity index (χ2n) is 13.5. The second kappa shape index (κ2) is 21.7. The van der Waals surface area contributed by atoms with Gasteiger partial charge in [-0.15, -0.1) is 0 Å². The van der Waals surface area contributed by atoms with Crippen LogP contribution in [-0.4, -0.2) is 68.2 Å². The molecule has 2 heterocycles. The molecule has 2 aliphatic rings. The number of anilines is 2. The SMILES string of the molecule is CCCCCCCC/C=C\CCCCCCCC(=O)OCCN1CCN(CCCN2c3ccccc3Sc3ccc(C(F)(F)F)cc32)CC1. The Balaban J connectivity index is 1.02. The second-order valence-corrected chi connectivity index (χ2v) is 14.6. The van der Waals surface area contributed by atoms with Gasteiger partial charge >= 0.3 is 12.1 Å². The highest BCUT2D eigenvalue weighted by Gasteiger charge is 2.33. The maximum absolute atomic E-state index is 13.5. The third-order valence-corrected chi connectivity index (χ3v) is 10.7. The Morgan fingerprint density at radius 1 is 0.735 bits per heavy atom. The number of unbranched alkanes of at least 4 members (excludes halogenated alkanes) is 11. The van der Waals surface area contributed by atoms with Gasteiger partial charge in [-0.2, -0.15) is 13.2 Å². The van der Waals surface area contributed by atoms with Crippen LogP contribution >= 0.6 is 11.8 Å². The summed E-state index contributed by atoms with van der Waals surface area (Å²) < 4.78 is 46.1. The maximum atomic E-state index is 13.5. The molecule has 0 bridgehead atoms. The lowest BCUT2D eigenvalue weighted by molar-refractivity contribution is -0.144. The van der Waals surface area contributed by atoms with Crippen molar-refractivity contribution in [2.45, 2.75) is 119 Å². The molecule has 4 rings (SSSR count). The lowest BCUT2D eigenvalue weighted by Crippen LogP contribution is -2.47. The molecule has 0 unspecified atom stereocenters. The van der Waals surface area contributed by atoms with Gasteiger partial charge in [0.25, 0.3) is 0 Å². The fraction of sp³-hybridized carbons (Fsp3) is 0.625. The fourth-order valence-electron chi connectivity index (χ4n) is 6.64. The van der Waals surface area contributed by atoms with Crippen LogP contribution in [0.2, 0.25) is 0 Å². The van der Waals surface area contributed by atoms with E-state index in [1.54, 1.807) is 6.07 Å². The number of para-hydroxylation sites is 1. The first-order chi connectivity index (χ1) is 23.8. The van der Waals surface area contributed by atoms with Gasteiger partial charge in [0.15, 0.2) is 0 Å². The summed E-state index contributed by atoms with van der Waals surface area (Å²) in [6.45, 7) is 8.71. The quantitative estimate of drug-likeness (QED) is 0.0691. The molecular weight excluding hydrogens is 644 g/mol. The molecule has 0 spiro atoms. The molecule has 0 amide bonds. The van der Waals surface area contributed by atoms with Gasteiger partial charge in [0, 0.05) is 55.5 Å². The van der Waals surface area contributed by atoms with Crippen molar-refractivity contribution in [3.8, 4) is 0 Å². The first kappa shape index (κ1) is 39.3. The number of hydrogen-bond acceptors (Lipinski definition) is 6. The van der Waals surface area contributed by atoms with Gasteiger partial charge in [0.1, 0.15) is 6.61 Å². The number of carbonyl (C=O) groups is 1. The third-order valence-electron chi connectivity index (χ3n) is 9.59. The van der Waals surface area contributed by atoms with E-state index in [-0.39, 0.29) is 5.97 Å². The number of fused-ring (bicyclic) bond motifs is 2. The van der Waals surface area contributed by atoms with Gasteiger partial charge in [-0.05, 0) is 75.4 Å². The zero-order chi connectivity index (χ0) is 34.7. The monoisotopic (exact) mass is 701 g/mol. The van der Waals surface area contributed by atoms with E-state index in [1.165, 1.54) is 94.5 Å². The highest BCUT2D eigenvalue weighted by molar-refractivity contribution is 7.99. The van der Waals surface area contributed by atoms with Crippen molar-refractivity contribution in [2.24, 2.45) is 0 Å². The van der Waals surface area contributed by atoms with E-state index in [0.29, 0.717) is 25.3 Å². The molecule has 0 N–H and O–H groups in total. The van der Waals surface area contributed by atoms with Gasteiger partial charge in [-0.25, -0.2) is 0 Å². The normalized spacial score (nSPS) is 15.5. The largest absolute Gasteiger partial charge is 0.464 e. The van der Waals surface area contributed by atoms with Crippen LogP contribution < -0.4 is 4.90 Å². The van der Waals surface area contributed by atoms with Gasteiger partial charge in [0.05, 0.1) is 16.9 Å². The number of esters is 1. The van der Waals surface area contributed by atoms with E-state index in [0.717, 1.165) is 74.0 Å². The maximum Gasteiger partial charge on any atom is 0.416 e. The van der Waals surface area contributed by atoms with Crippen LogP contribution in [0.5, 0.6) is 0 Å². The van der Waals surface area contributed by atoms with Crippen molar-refractivity contribution in [2.75, 3.05) is 57.3 Å². The molecule has 9 heteroatoms. The number of allylic oxidation sites excluding steroid dienone is 2. The lowest BCUT2D eigenvalue weighted by Gasteiger charge is -2.36. The fourth-order valence-corrected chi connectivity index (χ4v) is 7.71. The van der Waals surface area contributed by atoms with Crippen molar-refractivity contribution in [3.63, 3.8) is 0 Å². The van der Waals surface area contributed by atoms with E-state index in [4.69, 9.17) is 4.74 Å². The molecule has 0 atom stereocenters. The Bertz CT molecular complexity index is 1280. The molecule has 2 aromatic carbocycles. The summed E-state index contributed by atoms with van der Waals surface area (Å²) in [5, 5.41) is 0. The molecule has 0 radical (unpaired) electrons. The minimum absolute atomic E-state index is 0.0853. The predicted octanol–water partition coefficient (Wildman–Crippen LogP) is 10.9. The number of piperazine rings is 1. The third kappa shape index (κ3) is 14.0. The Kier molecular flexibility index (Phi) is 17.4. The van der Waals surface area contributed by atoms with Gasteiger partial charge in [-0.1, -0.05) is 94.3 Å². The highest BCUT2D eigenvalue weighted by atomic mass is 32.2. The molecule has 2 aromatic rings. The standard InChI is InChI=1S/C40H58F3N3O2S/c1-2-3-4-5-6-7-8-9-10-11-12-13-14-15-16-22-39(47)48-32-31-45-29-27-44(28-30-45)25-19-26-46-35-20-17-18-21-37(35)49-38-24-23-34(33-36(38)46)40(41,42)43/h9-10,17-18,20-21,23-24,33H,2-8,11-16,19,22,25-32H2,1H3/b10-9-. The average molecular weight is 702 g/mol. The molecule has 1 fully saturated rings. The Morgan fingerprint density at radius 2 is 1.35 bits per heavy atom. The van der Waals surface area contributed by atoms with E-state index in [9.17, 15) is 18.0 Å². The van der Waals surface area contributed by atoms with Crippen LogP contribution in [-0.2, 0) is 15.7 Å². The lowest BCUT2D eigenvalue weighted by atomic mass is 10.1. The van der Waals surface area contributed by atoms with Gasteiger partial charge < -0.3 is 14.5 Å². The number of alkyl halides is 3. The van der Waals surface area contributed by atoms with Crippen LogP contribution in [0.4, 0.5) is 24.5 Å². The van der Waals surface area contributed by atoms with Crippen LogP contribution in [0, 0.1) is 0 Å². The molecule has 272 valence electrons. The van der Waals surface area contributed by atoms with E-state index in [2.05, 4.69) is 33.8 Å². The number of halogens is 3. The average Bonchev–Trinajstić information content (AvgIpc) is 3.09. The molecule has 0 saturated carbocycles. The Labute approximate surface area is 297 Å². The predicted molar refractivity (Wildman–Crippen MR) is 197 cm³/mol. The summed E-state index contributed by atoms with van der Waals surface area (Å²) in [4.78, 5) is 21.0. The summed E-state index contributed by atoms with van der Waals surface area (Å²) in [6.07, 6.45) is 17.8. The van der Waals surface area contributed by atoms with Crippen LogP contribution in [0.15, 0.2) is 64.4 Å². The topological polar surface area (TPSA) is 36.0 Å². The Morgan fingerprint density at radius 3 is 2.04 bits per heavy atom. The zero-order valence-corrected chi connectivity index (χ0v) is 30.5. The summed E-state index contributed by atoms with van der Waals surface area (Å²) in [6, 6.07) is 12.0. The van der Waals surface area contributed by atoms with Crippen LogP contribution in [0.1, 0.15) is 109 Å². The van der Waals surface area contributed by atoms with E-state index < -0.39 is 11.7 Å². The number of ether oxygens (including phenoxy) is 1. The van der Waals surface area contributed by atoms with Crippen molar-refractivity contribution in [1.82, 2.24) is 9.80 Å². The molecule has 1 saturated heterocycles. The number of rotatable bonds is 22. The molecule has 0 aliphatic carbocycles. The highest BCUT2D eigenvalue weighted by Crippen LogP contribution is 2.49. The van der Waals surface area contributed by atoms with Crippen LogP contribution in [0.25, 0.3) is 0 Å². The summed E-state index contributed by atoms with van der Waals surface area (Å²) >= 11 is 1.53. The number of benzene rings is 2. The summed E-state index contributed by atoms with van der Waals surface area (Å²) in [5.41, 5.74) is 0.993. The van der Waals surface area contributed by atoms with Crippen molar-refractivity contribution in [3.05, 3.63) is 60.2 Å². The van der Waals surface area contributed by atoms with Gasteiger partial charge in [-0.3, -0.25) is 9.69 Å².